The molecule has 0 bridgehead atoms. The topological polar surface area (TPSA) is 70.1 Å². The third-order valence-electron chi connectivity index (χ3n) is 5.48. The zero-order valence-electron chi connectivity index (χ0n) is 18.8. The Kier molecular flexibility index (Phi) is 6.51. The Bertz CT molecular complexity index is 1180. The first-order valence-corrected chi connectivity index (χ1v) is 11.7. The van der Waals surface area contributed by atoms with Crippen molar-refractivity contribution < 1.29 is 19.4 Å². The molecule has 1 atom stereocenters. The number of aliphatic hydroxyl groups excluding tert-OH is 1. The van der Waals surface area contributed by atoms with E-state index in [9.17, 15) is 14.7 Å². The van der Waals surface area contributed by atoms with Crippen molar-refractivity contribution in [1.82, 2.24) is 0 Å². The minimum absolute atomic E-state index is 0.0757. The molecule has 33 heavy (non-hydrogen) atoms. The molecule has 0 spiro atoms. The number of Topliss-reactive ketones (excluding diaryl/α,β-unsaturated/α-hetero) is 1. The largest absolute Gasteiger partial charge is 0.507 e. The molecule has 1 saturated heterocycles. The van der Waals surface area contributed by atoms with Crippen LogP contribution in [-0.4, -0.2) is 37.5 Å². The van der Waals surface area contributed by atoms with Gasteiger partial charge in [0.2, 0.25) is 0 Å². The molecule has 1 amide bonds. The Balaban J connectivity index is 1.82. The van der Waals surface area contributed by atoms with Gasteiger partial charge in [0.1, 0.15) is 17.6 Å². The molecule has 170 valence electrons. The molecule has 4 rings (SSSR count). The second-order valence-electron chi connectivity index (χ2n) is 7.97. The summed E-state index contributed by atoms with van der Waals surface area (Å²) in [7, 11) is 3.87. The van der Waals surface area contributed by atoms with Crippen LogP contribution in [0.15, 0.2) is 71.6 Å². The summed E-state index contributed by atoms with van der Waals surface area (Å²) in [5, 5.41) is 13.1. The molecule has 0 saturated carbocycles. The Morgan fingerprint density at radius 2 is 1.85 bits per heavy atom. The van der Waals surface area contributed by atoms with Crippen LogP contribution in [0.3, 0.4) is 0 Å². The van der Waals surface area contributed by atoms with E-state index in [0.29, 0.717) is 23.6 Å². The number of carbonyl (C=O) groups excluding carboxylic acids is 2. The monoisotopic (exact) mass is 462 g/mol. The minimum Gasteiger partial charge on any atom is -0.507 e. The van der Waals surface area contributed by atoms with Crippen LogP contribution in [0.5, 0.6) is 5.75 Å². The normalized spacial score (nSPS) is 17.4. The maximum Gasteiger partial charge on any atom is 0.300 e. The van der Waals surface area contributed by atoms with E-state index in [1.807, 2.05) is 67.7 Å². The number of nitrogens with zero attached hydrogens (tertiary/aromatic N) is 2. The lowest BCUT2D eigenvalue weighted by atomic mass is 9.99. The van der Waals surface area contributed by atoms with Gasteiger partial charge in [-0.05, 0) is 54.3 Å². The van der Waals surface area contributed by atoms with E-state index in [4.69, 9.17) is 4.74 Å². The van der Waals surface area contributed by atoms with E-state index in [2.05, 4.69) is 0 Å². The number of benzene rings is 2. The minimum atomic E-state index is -0.713. The predicted molar refractivity (Wildman–Crippen MR) is 132 cm³/mol. The van der Waals surface area contributed by atoms with Crippen molar-refractivity contribution in [2.45, 2.75) is 19.4 Å². The highest BCUT2D eigenvalue weighted by Crippen LogP contribution is 2.44. The van der Waals surface area contributed by atoms with Gasteiger partial charge in [0.25, 0.3) is 11.7 Å². The number of amides is 1. The second kappa shape index (κ2) is 9.50. The molecule has 0 radical (unpaired) electrons. The number of thiophene rings is 1. The SMILES string of the molecule is CCCOc1cccc(/C(O)=C2/C(=O)C(=O)N(c3ccc(N(C)C)cc3)C2c2cccs2)c1. The summed E-state index contributed by atoms with van der Waals surface area (Å²) in [6.07, 6.45) is 0.853. The average Bonchev–Trinajstić information content (AvgIpc) is 3.44. The van der Waals surface area contributed by atoms with Crippen molar-refractivity contribution in [2.75, 3.05) is 30.5 Å². The molecule has 1 fully saturated rings. The molecule has 1 N–H and O–H groups in total. The smallest absolute Gasteiger partial charge is 0.300 e. The molecule has 1 aliphatic heterocycles. The maximum absolute atomic E-state index is 13.2. The predicted octanol–water partition coefficient (Wildman–Crippen LogP) is 5.23. The molecular formula is C26H26N2O4S. The Labute approximate surface area is 197 Å². The van der Waals surface area contributed by atoms with Crippen molar-refractivity contribution >= 4 is 40.2 Å². The summed E-state index contributed by atoms with van der Waals surface area (Å²) < 4.78 is 5.68. The Morgan fingerprint density at radius 1 is 1.09 bits per heavy atom. The molecule has 6 nitrogen and oxygen atoms in total. The number of ketones is 1. The molecule has 7 heteroatoms. The lowest BCUT2D eigenvalue weighted by Gasteiger charge is -2.25. The van der Waals surface area contributed by atoms with Crippen molar-refractivity contribution in [3.05, 3.63) is 82.1 Å². The van der Waals surface area contributed by atoms with Crippen molar-refractivity contribution in [2.24, 2.45) is 0 Å². The number of anilines is 2. The van der Waals surface area contributed by atoms with Crippen molar-refractivity contribution in [3.8, 4) is 5.75 Å². The molecule has 2 aromatic carbocycles. The van der Waals surface area contributed by atoms with Gasteiger partial charge in [0.15, 0.2) is 0 Å². The van der Waals surface area contributed by atoms with Crippen molar-refractivity contribution in [3.63, 3.8) is 0 Å². The second-order valence-corrected chi connectivity index (χ2v) is 8.95. The number of hydrogen-bond acceptors (Lipinski definition) is 6. The fraction of sp³-hybridized carbons (Fsp3) is 0.231. The van der Waals surface area contributed by atoms with Crippen LogP contribution < -0.4 is 14.5 Å². The lowest BCUT2D eigenvalue weighted by Crippen LogP contribution is -2.29. The molecule has 1 unspecified atom stereocenters. The van der Waals surface area contributed by atoms with Crippen LogP contribution in [0.1, 0.15) is 29.8 Å². The Hall–Kier alpha value is -3.58. The Morgan fingerprint density at radius 3 is 2.48 bits per heavy atom. The number of aliphatic hydroxyl groups is 1. The highest BCUT2D eigenvalue weighted by atomic mass is 32.1. The van der Waals surface area contributed by atoms with Crippen LogP contribution in [0, 0.1) is 0 Å². The number of carbonyl (C=O) groups is 2. The first-order valence-electron chi connectivity index (χ1n) is 10.8. The summed E-state index contributed by atoms with van der Waals surface area (Å²) in [5.41, 5.74) is 2.09. The first kappa shape index (κ1) is 22.6. The van der Waals surface area contributed by atoms with E-state index in [1.54, 1.807) is 24.3 Å². The average molecular weight is 463 g/mol. The highest BCUT2D eigenvalue weighted by molar-refractivity contribution is 7.10. The van der Waals surface area contributed by atoms with E-state index in [0.717, 1.165) is 17.0 Å². The zero-order valence-corrected chi connectivity index (χ0v) is 19.6. The molecule has 0 aliphatic carbocycles. The van der Waals surface area contributed by atoms with E-state index in [-0.39, 0.29) is 11.3 Å². The van der Waals surface area contributed by atoms with Gasteiger partial charge in [0, 0.05) is 35.9 Å². The van der Waals surface area contributed by atoms with Crippen molar-refractivity contribution in [1.29, 1.82) is 0 Å². The summed E-state index contributed by atoms with van der Waals surface area (Å²) in [6.45, 7) is 2.56. The third kappa shape index (κ3) is 4.36. The third-order valence-corrected chi connectivity index (χ3v) is 6.41. The fourth-order valence-electron chi connectivity index (χ4n) is 3.83. The molecule has 2 heterocycles. The van der Waals surface area contributed by atoms with Gasteiger partial charge in [0.05, 0.1) is 12.2 Å². The number of rotatable bonds is 7. The molecular weight excluding hydrogens is 436 g/mol. The first-order chi connectivity index (χ1) is 15.9. The molecule has 1 aliphatic rings. The van der Waals surface area contributed by atoms with Gasteiger partial charge in [-0.25, -0.2) is 0 Å². The standard InChI is InChI=1S/C26H26N2O4S/c1-4-14-32-20-8-5-7-17(16-20)24(29)22-23(21-9-6-15-33-21)28(26(31)25(22)30)19-12-10-18(11-13-19)27(2)3/h5-13,15-16,23,29H,4,14H2,1-3H3/b24-22-. The van der Waals surface area contributed by atoms with E-state index in [1.165, 1.54) is 16.2 Å². The van der Waals surface area contributed by atoms with Crippen LogP contribution in [0.25, 0.3) is 5.76 Å². The summed E-state index contributed by atoms with van der Waals surface area (Å²) >= 11 is 1.44. The lowest BCUT2D eigenvalue weighted by molar-refractivity contribution is -0.132. The summed E-state index contributed by atoms with van der Waals surface area (Å²) in [6, 6.07) is 17.4. The number of ether oxygens (including phenoxy) is 1. The van der Waals surface area contributed by atoms with Gasteiger partial charge in [-0.15, -0.1) is 11.3 Å². The molecule has 1 aromatic heterocycles. The van der Waals surface area contributed by atoms with Gasteiger partial charge >= 0.3 is 0 Å². The van der Waals surface area contributed by atoms with Gasteiger partial charge in [-0.1, -0.05) is 25.1 Å². The maximum atomic E-state index is 13.2. The zero-order chi connectivity index (χ0) is 23.5. The van der Waals surface area contributed by atoms with Crippen LogP contribution >= 0.6 is 11.3 Å². The fourth-order valence-corrected chi connectivity index (χ4v) is 4.66. The van der Waals surface area contributed by atoms with E-state index >= 15 is 0 Å². The van der Waals surface area contributed by atoms with Crippen LogP contribution in [-0.2, 0) is 9.59 Å². The van der Waals surface area contributed by atoms with Gasteiger partial charge < -0.3 is 14.7 Å². The van der Waals surface area contributed by atoms with Crippen LogP contribution in [0.2, 0.25) is 0 Å². The summed E-state index contributed by atoms with van der Waals surface area (Å²) in [4.78, 5) is 30.6. The highest BCUT2D eigenvalue weighted by Gasteiger charge is 2.47. The number of hydrogen-bond donors (Lipinski definition) is 1. The molecule has 3 aromatic rings. The quantitative estimate of drug-likeness (QED) is 0.296. The van der Waals surface area contributed by atoms with Gasteiger partial charge in [-0.3, -0.25) is 14.5 Å². The van der Waals surface area contributed by atoms with Gasteiger partial charge in [-0.2, -0.15) is 0 Å². The summed E-state index contributed by atoms with van der Waals surface area (Å²) in [5.74, 6) is -0.975. The van der Waals surface area contributed by atoms with E-state index < -0.39 is 17.7 Å². The van der Waals surface area contributed by atoms with Crippen LogP contribution in [0.4, 0.5) is 11.4 Å².